The highest BCUT2D eigenvalue weighted by Crippen LogP contribution is 2.28. The van der Waals surface area contributed by atoms with Gasteiger partial charge >= 0.3 is 0 Å². The number of hydrogen-bond acceptors (Lipinski definition) is 6. The molecule has 8 heteroatoms. The second-order valence-corrected chi connectivity index (χ2v) is 7.57. The molecule has 1 saturated heterocycles. The van der Waals surface area contributed by atoms with Crippen LogP contribution in [0.1, 0.15) is 17.4 Å². The lowest BCUT2D eigenvalue weighted by Gasteiger charge is -2.31. The van der Waals surface area contributed by atoms with Crippen LogP contribution in [0.3, 0.4) is 0 Å². The molecule has 4 heterocycles. The number of morpholine rings is 1. The van der Waals surface area contributed by atoms with Gasteiger partial charge in [0, 0.05) is 50.2 Å². The topological polar surface area (TPSA) is 69.7 Å². The number of benzene rings is 1. The number of aryl methyl sites for hydroxylation is 1. The Balaban J connectivity index is 1.36. The predicted octanol–water partition coefficient (Wildman–Crippen LogP) is 2.71. The third kappa shape index (κ3) is 3.67. The van der Waals surface area contributed by atoms with Crippen LogP contribution in [-0.4, -0.2) is 56.3 Å². The first-order valence-corrected chi connectivity index (χ1v) is 10.0. The minimum atomic E-state index is -0.0974. The second-order valence-electron chi connectivity index (χ2n) is 7.57. The summed E-state index contributed by atoms with van der Waals surface area (Å²) in [5.74, 6) is 0.841. The summed E-state index contributed by atoms with van der Waals surface area (Å²) in [5.41, 5.74) is 5.23. The van der Waals surface area contributed by atoms with Crippen molar-refractivity contribution in [1.82, 2.24) is 29.5 Å². The Kier molecular flexibility index (Phi) is 4.94. The highest BCUT2D eigenvalue weighted by atomic mass is 16.5. The molecule has 8 nitrogen and oxygen atoms in total. The maximum absolute atomic E-state index is 6.05. The van der Waals surface area contributed by atoms with E-state index in [1.807, 2.05) is 52.9 Å². The van der Waals surface area contributed by atoms with Crippen LogP contribution < -0.4 is 4.74 Å². The van der Waals surface area contributed by atoms with Gasteiger partial charge in [-0.3, -0.25) is 9.58 Å². The first-order valence-electron chi connectivity index (χ1n) is 10.0. The van der Waals surface area contributed by atoms with Gasteiger partial charge < -0.3 is 9.47 Å². The van der Waals surface area contributed by atoms with E-state index in [1.165, 1.54) is 5.56 Å². The van der Waals surface area contributed by atoms with E-state index in [1.54, 1.807) is 7.11 Å². The Bertz CT molecular complexity index is 1150. The van der Waals surface area contributed by atoms with Gasteiger partial charge in [-0.05, 0) is 23.8 Å². The SMILES string of the molecule is COc1ccc(-c2ccc3c(C4CN(Cc5cnn(C)c5)CCO4)nnn3c2)cc1. The van der Waals surface area contributed by atoms with E-state index >= 15 is 0 Å². The lowest BCUT2D eigenvalue weighted by Crippen LogP contribution is -2.38. The van der Waals surface area contributed by atoms with Crippen LogP contribution in [0, 0.1) is 0 Å². The van der Waals surface area contributed by atoms with E-state index < -0.39 is 0 Å². The van der Waals surface area contributed by atoms with Crippen molar-refractivity contribution in [1.29, 1.82) is 0 Å². The van der Waals surface area contributed by atoms with Crippen molar-refractivity contribution in [3.63, 3.8) is 0 Å². The van der Waals surface area contributed by atoms with Gasteiger partial charge in [0.05, 0.1) is 25.4 Å². The lowest BCUT2D eigenvalue weighted by molar-refractivity contribution is -0.0343. The molecule has 154 valence electrons. The standard InChI is InChI=1S/C22H24N6O2/c1-26-12-16(11-23-26)13-27-9-10-30-21(15-27)22-20-8-5-18(14-28(20)25-24-22)17-3-6-19(29-2)7-4-17/h3-8,11-12,14,21H,9-10,13,15H2,1-2H3. The Morgan fingerprint density at radius 3 is 2.70 bits per heavy atom. The average molecular weight is 404 g/mol. The smallest absolute Gasteiger partial charge is 0.121 e. The van der Waals surface area contributed by atoms with Gasteiger partial charge in [-0.15, -0.1) is 5.10 Å². The van der Waals surface area contributed by atoms with E-state index in [-0.39, 0.29) is 6.10 Å². The van der Waals surface area contributed by atoms with Gasteiger partial charge in [0.25, 0.3) is 0 Å². The summed E-state index contributed by atoms with van der Waals surface area (Å²) in [4.78, 5) is 2.38. The number of nitrogens with zero attached hydrogens (tertiary/aromatic N) is 6. The molecule has 1 fully saturated rings. The molecule has 0 N–H and O–H groups in total. The molecular formula is C22H24N6O2. The average Bonchev–Trinajstić information content (AvgIpc) is 3.39. The van der Waals surface area contributed by atoms with Crippen LogP contribution in [0.25, 0.3) is 16.6 Å². The van der Waals surface area contributed by atoms with Crippen molar-refractivity contribution in [2.24, 2.45) is 7.05 Å². The van der Waals surface area contributed by atoms with Crippen molar-refractivity contribution in [3.05, 3.63) is 66.2 Å². The third-order valence-electron chi connectivity index (χ3n) is 5.48. The number of aromatic nitrogens is 5. The number of rotatable bonds is 5. The number of ether oxygens (including phenoxy) is 2. The molecule has 0 spiro atoms. The van der Waals surface area contributed by atoms with Gasteiger partial charge in [0.2, 0.25) is 0 Å². The zero-order valence-corrected chi connectivity index (χ0v) is 17.1. The molecule has 4 aromatic rings. The molecule has 1 aromatic carbocycles. The molecule has 3 aromatic heterocycles. The molecule has 1 aliphatic rings. The maximum atomic E-state index is 6.05. The van der Waals surface area contributed by atoms with E-state index in [9.17, 15) is 0 Å². The van der Waals surface area contributed by atoms with Gasteiger partial charge in [-0.1, -0.05) is 23.4 Å². The van der Waals surface area contributed by atoms with E-state index in [0.717, 1.165) is 47.7 Å². The first-order chi connectivity index (χ1) is 14.7. The van der Waals surface area contributed by atoms with E-state index in [2.05, 4.69) is 38.6 Å². The molecular weight excluding hydrogens is 380 g/mol. The van der Waals surface area contributed by atoms with Crippen molar-refractivity contribution < 1.29 is 9.47 Å². The van der Waals surface area contributed by atoms with Crippen LogP contribution in [0.15, 0.2) is 55.0 Å². The second kappa shape index (κ2) is 7.89. The fourth-order valence-electron chi connectivity index (χ4n) is 3.92. The Morgan fingerprint density at radius 2 is 1.93 bits per heavy atom. The molecule has 0 amide bonds. The molecule has 0 aliphatic carbocycles. The number of hydrogen-bond donors (Lipinski definition) is 0. The Hall–Kier alpha value is -3.23. The van der Waals surface area contributed by atoms with Gasteiger partial charge in [-0.2, -0.15) is 5.10 Å². The van der Waals surface area contributed by atoms with Crippen LogP contribution in [0.2, 0.25) is 0 Å². The summed E-state index contributed by atoms with van der Waals surface area (Å²) in [6, 6.07) is 12.2. The van der Waals surface area contributed by atoms with Gasteiger partial charge in [0.1, 0.15) is 17.5 Å². The normalized spacial score (nSPS) is 17.5. The fraction of sp³-hybridized carbons (Fsp3) is 0.318. The predicted molar refractivity (Wildman–Crippen MR) is 112 cm³/mol. The summed E-state index contributed by atoms with van der Waals surface area (Å²) in [6.07, 6.45) is 5.88. The fourth-order valence-corrected chi connectivity index (χ4v) is 3.92. The quantitative estimate of drug-likeness (QED) is 0.509. The maximum Gasteiger partial charge on any atom is 0.121 e. The van der Waals surface area contributed by atoms with Crippen molar-refractivity contribution in [3.8, 4) is 16.9 Å². The summed E-state index contributed by atoms with van der Waals surface area (Å²) >= 11 is 0. The highest BCUT2D eigenvalue weighted by molar-refractivity contribution is 5.66. The molecule has 5 rings (SSSR count). The monoisotopic (exact) mass is 404 g/mol. The molecule has 0 saturated carbocycles. The van der Waals surface area contributed by atoms with Crippen LogP contribution in [0.4, 0.5) is 0 Å². The van der Waals surface area contributed by atoms with Crippen LogP contribution >= 0.6 is 0 Å². The van der Waals surface area contributed by atoms with Crippen molar-refractivity contribution in [2.45, 2.75) is 12.6 Å². The Labute approximate surface area is 174 Å². The number of methoxy groups -OCH3 is 1. The molecule has 1 atom stereocenters. The summed E-state index contributed by atoms with van der Waals surface area (Å²) in [5, 5.41) is 13.1. The Morgan fingerprint density at radius 1 is 1.10 bits per heavy atom. The van der Waals surface area contributed by atoms with Gasteiger partial charge in [0.15, 0.2) is 0 Å². The first kappa shape index (κ1) is 18.8. The largest absolute Gasteiger partial charge is 0.497 e. The van der Waals surface area contributed by atoms with Crippen LogP contribution in [0.5, 0.6) is 5.75 Å². The molecule has 1 unspecified atom stereocenters. The minimum Gasteiger partial charge on any atom is -0.497 e. The zero-order valence-electron chi connectivity index (χ0n) is 17.1. The number of fused-ring (bicyclic) bond motifs is 1. The lowest BCUT2D eigenvalue weighted by atomic mass is 10.1. The van der Waals surface area contributed by atoms with Crippen molar-refractivity contribution >= 4 is 5.52 Å². The zero-order chi connectivity index (χ0) is 20.5. The van der Waals surface area contributed by atoms with E-state index in [0.29, 0.717) is 6.61 Å². The van der Waals surface area contributed by atoms with Crippen molar-refractivity contribution in [2.75, 3.05) is 26.8 Å². The minimum absolute atomic E-state index is 0.0974. The number of pyridine rings is 1. The third-order valence-corrected chi connectivity index (χ3v) is 5.48. The molecule has 0 bridgehead atoms. The molecule has 30 heavy (non-hydrogen) atoms. The molecule has 1 aliphatic heterocycles. The summed E-state index contributed by atoms with van der Waals surface area (Å²) < 4.78 is 15.0. The summed E-state index contributed by atoms with van der Waals surface area (Å²) in [6.45, 7) is 3.21. The van der Waals surface area contributed by atoms with Gasteiger partial charge in [-0.25, -0.2) is 4.52 Å². The highest BCUT2D eigenvalue weighted by Gasteiger charge is 2.26. The van der Waals surface area contributed by atoms with E-state index in [4.69, 9.17) is 9.47 Å². The summed E-state index contributed by atoms with van der Waals surface area (Å²) in [7, 11) is 3.61. The molecule has 0 radical (unpaired) electrons. The van der Waals surface area contributed by atoms with Crippen LogP contribution in [-0.2, 0) is 18.3 Å².